The summed E-state index contributed by atoms with van der Waals surface area (Å²) in [5, 5.41) is 13.1. The number of halogens is 1. The largest absolute Gasteiger partial charge is 0.490 e. The Hall–Kier alpha value is -4.75. The highest BCUT2D eigenvalue weighted by Crippen LogP contribution is 2.34. The van der Waals surface area contributed by atoms with Crippen LogP contribution in [0.1, 0.15) is 34.0 Å². The summed E-state index contributed by atoms with van der Waals surface area (Å²) in [5.74, 6) is 0.310. The highest BCUT2D eigenvalue weighted by Gasteiger charge is 2.15. The van der Waals surface area contributed by atoms with Crippen molar-refractivity contribution < 1.29 is 19.1 Å². The summed E-state index contributed by atoms with van der Waals surface area (Å²) in [5.41, 5.74) is 9.33. The van der Waals surface area contributed by atoms with Crippen LogP contribution in [0.4, 0.5) is 16.5 Å². The molecule has 0 atom stereocenters. The zero-order chi connectivity index (χ0) is 32.5. The van der Waals surface area contributed by atoms with Crippen LogP contribution < -0.4 is 25.5 Å². The van der Waals surface area contributed by atoms with E-state index in [1.807, 2.05) is 86.0 Å². The maximum absolute atomic E-state index is 12.8. The molecule has 0 bridgehead atoms. The second kappa shape index (κ2) is 15.5. The number of hydrazone groups is 1. The Morgan fingerprint density at radius 3 is 2.48 bits per heavy atom. The van der Waals surface area contributed by atoms with Gasteiger partial charge in [-0.2, -0.15) is 5.10 Å². The molecule has 4 aromatic carbocycles. The minimum Gasteiger partial charge on any atom is -0.490 e. The lowest BCUT2D eigenvalue weighted by atomic mass is 10.1. The zero-order valence-electron chi connectivity index (χ0n) is 25.5. The van der Waals surface area contributed by atoms with Gasteiger partial charge >= 0.3 is 0 Å². The number of carbonyl (C=O) groups is 2. The van der Waals surface area contributed by atoms with Gasteiger partial charge in [0.05, 0.1) is 22.1 Å². The Kier molecular flexibility index (Phi) is 11.0. The van der Waals surface area contributed by atoms with Gasteiger partial charge in [0.25, 0.3) is 11.8 Å². The maximum atomic E-state index is 12.8. The number of ether oxygens (including phenoxy) is 2. The van der Waals surface area contributed by atoms with Crippen molar-refractivity contribution in [3.05, 3.63) is 116 Å². The second-order valence-corrected chi connectivity index (χ2v) is 12.2. The first-order valence-electron chi connectivity index (χ1n) is 14.5. The topological polar surface area (TPSA) is 114 Å². The van der Waals surface area contributed by atoms with Crippen molar-refractivity contribution >= 4 is 68.5 Å². The van der Waals surface area contributed by atoms with Gasteiger partial charge in [-0.3, -0.25) is 9.59 Å². The number of hydrogen-bond acceptors (Lipinski definition) is 8. The fourth-order valence-corrected chi connectivity index (χ4v) is 5.87. The minimum absolute atomic E-state index is 0.180. The monoisotopic (exact) mass is 745 g/mol. The number of amides is 2. The molecule has 5 rings (SSSR count). The first-order valence-corrected chi connectivity index (χ1v) is 16.4. The van der Waals surface area contributed by atoms with Gasteiger partial charge < -0.3 is 20.1 Å². The molecule has 0 saturated carbocycles. The third-order valence-electron chi connectivity index (χ3n) is 6.73. The molecular weight excluding hydrogens is 713 g/mol. The number of hydrogen-bond donors (Lipinski definition) is 3. The predicted octanol–water partition coefficient (Wildman–Crippen LogP) is 7.96. The summed E-state index contributed by atoms with van der Waals surface area (Å²) >= 11 is 3.64. The molecule has 0 saturated heterocycles. The molecule has 2 amide bonds. The van der Waals surface area contributed by atoms with Gasteiger partial charge in [-0.15, -0.1) is 11.3 Å². The van der Waals surface area contributed by atoms with Crippen LogP contribution in [0.25, 0.3) is 11.3 Å². The standard InChI is InChI=1S/C35H32IN5O4S/c1-4-44-31-18-24(17-28(36)33(31)45-20-32(42)39-29-8-6-5-7-23(29)3)19-37-41-34(43)26-13-11-25(12-14-26)30-21-46-35(40-30)38-27-15-9-22(2)10-16-27/h5-19,21H,4,20H2,1-3H3,(H,38,40)(H,39,42)(H,41,43)/b37-19+. The lowest BCUT2D eigenvalue weighted by molar-refractivity contribution is -0.118. The van der Waals surface area contributed by atoms with Crippen molar-refractivity contribution in [2.24, 2.45) is 5.10 Å². The molecule has 46 heavy (non-hydrogen) atoms. The summed E-state index contributed by atoms with van der Waals surface area (Å²) in [6.45, 7) is 6.07. The van der Waals surface area contributed by atoms with Crippen LogP contribution in [0.15, 0.2) is 95.4 Å². The second-order valence-electron chi connectivity index (χ2n) is 10.2. The van der Waals surface area contributed by atoms with Crippen LogP contribution in [0, 0.1) is 17.4 Å². The first-order chi connectivity index (χ1) is 22.3. The van der Waals surface area contributed by atoms with Gasteiger partial charge in [0.1, 0.15) is 0 Å². The third-order valence-corrected chi connectivity index (χ3v) is 8.29. The molecule has 11 heteroatoms. The Morgan fingerprint density at radius 2 is 1.74 bits per heavy atom. The number of nitrogens with zero attached hydrogens (tertiary/aromatic N) is 2. The van der Waals surface area contributed by atoms with E-state index in [-0.39, 0.29) is 18.4 Å². The van der Waals surface area contributed by atoms with Gasteiger partial charge in [-0.25, -0.2) is 10.4 Å². The number of carbonyl (C=O) groups excluding carboxylic acids is 2. The number of rotatable bonds is 12. The molecule has 5 aromatic rings. The van der Waals surface area contributed by atoms with E-state index in [1.165, 1.54) is 23.1 Å². The predicted molar refractivity (Wildman–Crippen MR) is 193 cm³/mol. The van der Waals surface area contributed by atoms with Crippen molar-refractivity contribution in [2.45, 2.75) is 20.8 Å². The molecule has 234 valence electrons. The smallest absolute Gasteiger partial charge is 0.271 e. The number of nitrogens with one attached hydrogen (secondary N) is 3. The quantitative estimate of drug-likeness (QED) is 0.0679. The van der Waals surface area contributed by atoms with Crippen LogP contribution in [0.3, 0.4) is 0 Å². The van der Waals surface area contributed by atoms with Crippen molar-refractivity contribution in [2.75, 3.05) is 23.8 Å². The van der Waals surface area contributed by atoms with Gasteiger partial charge in [-0.05, 0) is 97.0 Å². The Morgan fingerprint density at radius 1 is 0.978 bits per heavy atom. The normalized spacial score (nSPS) is 10.9. The lowest BCUT2D eigenvalue weighted by Crippen LogP contribution is -2.21. The molecule has 0 aliphatic heterocycles. The van der Waals surface area contributed by atoms with Crippen molar-refractivity contribution in [1.29, 1.82) is 0 Å². The first kappa shape index (κ1) is 32.6. The van der Waals surface area contributed by atoms with E-state index in [0.717, 1.165) is 36.9 Å². The van der Waals surface area contributed by atoms with Crippen LogP contribution >= 0.6 is 33.9 Å². The summed E-state index contributed by atoms with van der Waals surface area (Å²) in [6, 6.07) is 26.5. The number of benzene rings is 4. The summed E-state index contributed by atoms with van der Waals surface area (Å²) in [6.07, 6.45) is 1.53. The van der Waals surface area contributed by atoms with E-state index in [0.29, 0.717) is 29.2 Å². The molecule has 3 N–H and O–H groups in total. The summed E-state index contributed by atoms with van der Waals surface area (Å²) < 4.78 is 12.4. The third kappa shape index (κ3) is 8.70. The Labute approximate surface area is 285 Å². The van der Waals surface area contributed by atoms with Crippen LogP contribution in [0.2, 0.25) is 0 Å². The fourth-order valence-electron chi connectivity index (χ4n) is 4.35. The van der Waals surface area contributed by atoms with Crippen molar-refractivity contribution in [3.8, 4) is 22.8 Å². The Balaban J connectivity index is 1.17. The van der Waals surface area contributed by atoms with E-state index in [2.05, 4.69) is 55.7 Å². The highest BCUT2D eigenvalue weighted by molar-refractivity contribution is 14.1. The van der Waals surface area contributed by atoms with Gasteiger partial charge in [-0.1, -0.05) is 48.0 Å². The number of aryl methyl sites for hydroxylation is 2. The molecule has 0 unspecified atom stereocenters. The van der Waals surface area contributed by atoms with Crippen LogP contribution in [0.5, 0.6) is 11.5 Å². The number of thiazole rings is 1. The van der Waals surface area contributed by atoms with E-state index < -0.39 is 0 Å². The number of anilines is 3. The van der Waals surface area contributed by atoms with Gasteiger partial charge in [0.2, 0.25) is 0 Å². The highest BCUT2D eigenvalue weighted by atomic mass is 127. The van der Waals surface area contributed by atoms with Crippen molar-refractivity contribution in [3.63, 3.8) is 0 Å². The minimum atomic E-state index is -0.345. The van der Waals surface area contributed by atoms with Gasteiger partial charge in [0, 0.05) is 27.9 Å². The summed E-state index contributed by atoms with van der Waals surface area (Å²) in [4.78, 5) is 30.0. The fraction of sp³-hybridized carbons (Fsp3) is 0.143. The molecular formula is C35H32IN5O4S. The van der Waals surface area contributed by atoms with Crippen LogP contribution in [-0.2, 0) is 4.79 Å². The lowest BCUT2D eigenvalue weighted by Gasteiger charge is -2.15. The molecule has 1 heterocycles. The average molecular weight is 746 g/mol. The average Bonchev–Trinajstić information content (AvgIpc) is 3.51. The van der Waals surface area contributed by atoms with E-state index in [1.54, 1.807) is 18.2 Å². The molecule has 0 fully saturated rings. The van der Waals surface area contributed by atoms with E-state index >= 15 is 0 Å². The number of para-hydroxylation sites is 1. The van der Waals surface area contributed by atoms with Gasteiger partial charge in [0.15, 0.2) is 23.2 Å². The molecule has 0 spiro atoms. The molecule has 0 radical (unpaired) electrons. The van der Waals surface area contributed by atoms with Crippen molar-refractivity contribution in [1.82, 2.24) is 10.4 Å². The molecule has 0 aliphatic carbocycles. The van der Waals surface area contributed by atoms with E-state index in [4.69, 9.17) is 9.47 Å². The Bertz CT molecular complexity index is 1860. The molecule has 1 aromatic heterocycles. The van der Waals surface area contributed by atoms with Crippen LogP contribution in [-0.4, -0.2) is 36.2 Å². The molecule has 9 nitrogen and oxygen atoms in total. The SMILES string of the molecule is CCOc1cc(/C=N/NC(=O)c2ccc(-c3csc(Nc4ccc(C)cc4)n3)cc2)cc(I)c1OCC(=O)Nc1ccccc1C. The number of aromatic nitrogens is 1. The molecule has 0 aliphatic rings. The van der Waals surface area contributed by atoms with E-state index in [9.17, 15) is 9.59 Å². The maximum Gasteiger partial charge on any atom is 0.271 e. The zero-order valence-corrected chi connectivity index (χ0v) is 28.4. The summed E-state index contributed by atoms with van der Waals surface area (Å²) in [7, 11) is 0.